The molecule has 2 aromatic carbocycles. The highest BCUT2D eigenvalue weighted by Crippen LogP contribution is 2.35. The Labute approximate surface area is 147 Å². The zero-order chi connectivity index (χ0) is 18.0. The van der Waals surface area contributed by atoms with Gasteiger partial charge < -0.3 is 4.74 Å². The van der Waals surface area contributed by atoms with E-state index in [9.17, 15) is 13.2 Å². The molecule has 0 aliphatic carbocycles. The number of sulfonamides is 1. The van der Waals surface area contributed by atoms with Crippen molar-refractivity contribution >= 4 is 15.8 Å². The lowest BCUT2D eigenvalue weighted by molar-refractivity contribution is 0.0915. The highest BCUT2D eigenvalue weighted by molar-refractivity contribution is 7.88. The molecule has 0 fully saturated rings. The fourth-order valence-electron chi connectivity index (χ4n) is 3.02. The minimum atomic E-state index is -3.56. The summed E-state index contributed by atoms with van der Waals surface area (Å²) < 4.78 is 30.6. The molecule has 3 rings (SSSR count). The molecule has 0 N–H and O–H groups in total. The molecule has 2 aromatic rings. The Morgan fingerprint density at radius 2 is 1.68 bits per heavy atom. The maximum atomic E-state index is 13.0. The van der Waals surface area contributed by atoms with Crippen LogP contribution in [0.1, 0.15) is 21.8 Å². The van der Waals surface area contributed by atoms with Crippen LogP contribution in [0.3, 0.4) is 0 Å². The number of methoxy groups -OCH3 is 1. The molecule has 0 unspecified atom stereocenters. The first-order chi connectivity index (χ1) is 11.9. The Bertz CT molecular complexity index is 889. The molecule has 0 spiro atoms. The van der Waals surface area contributed by atoms with Gasteiger partial charge in [0.05, 0.1) is 13.4 Å². The van der Waals surface area contributed by atoms with Crippen molar-refractivity contribution < 1.29 is 17.9 Å². The minimum absolute atomic E-state index is 0.225. The molecule has 0 radical (unpaired) electrons. The van der Waals surface area contributed by atoms with Crippen molar-refractivity contribution in [3.63, 3.8) is 0 Å². The number of benzene rings is 2. The third kappa shape index (κ3) is 3.44. The third-order valence-corrected chi connectivity index (χ3v) is 5.38. The number of hydrogen-bond acceptors (Lipinski definition) is 4. The molecular weight excluding hydrogens is 338 g/mol. The van der Waals surface area contributed by atoms with Crippen LogP contribution < -0.4 is 4.74 Å². The van der Waals surface area contributed by atoms with Gasteiger partial charge in [0, 0.05) is 17.7 Å². The number of carbonyl (C=O) groups is 1. The van der Waals surface area contributed by atoms with Crippen LogP contribution in [0.4, 0.5) is 0 Å². The molecule has 6 heteroatoms. The summed E-state index contributed by atoms with van der Waals surface area (Å²) in [5.41, 5.74) is 1.35. The van der Waals surface area contributed by atoms with E-state index in [0.717, 1.165) is 16.1 Å². The quantitative estimate of drug-likeness (QED) is 0.772. The van der Waals surface area contributed by atoms with Gasteiger partial charge in [0.15, 0.2) is 5.78 Å². The number of carbonyl (C=O) groups excluding carboxylic acids is 1. The molecule has 0 aromatic heterocycles. The first-order valence-corrected chi connectivity index (χ1v) is 9.66. The summed E-state index contributed by atoms with van der Waals surface area (Å²) in [5, 5.41) is 0. The van der Waals surface area contributed by atoms with Crippen molar-refractivity contribution in [2.75, 3.05) is 13.4 Å². The fourth-order valence-corrected chi connectivity index (χ4v) is 3.95. The van der Waals surface area contributed by atoms with E-state index in [1.165, 1.54) is 6.20 Å². The van der Waals surface area contributed by atoms with Gasteiger partial charge in [0.1, 0.15) is 11.8 Å². The summed E-state index contributed by atoms with van der Waals surface area (Å²) in [6.45, 7) is 0. The van der Waals surface area contributed by atoms with E-state index >= 15 is 0 Å². The van der Waals surface area contributed by atoms with E-state index in [1.54, 1.807) is 49.6 Å². The topological polar surface area (TPSA) is 63.7 Å². The second-order valence-electron chi connectivity index (χ2n) is 5.91. The second-order valence-corrected chi connectivity index (χ2v) is 7.80. The maximum Gasteiger partial charge on any atom is 0.232 e. The highest BCUT2D eigenvalue weighted by Gasteiger charge is 2.40. The molecule has 1 aliphatic heterocycles. The third-order valence-electron chi connectivity index (χ3n) is 4.27. The monoisotopic (exact) mass is 357 g/mol. The predicted molar refractivity (Wildman–Crippen MR) is 96.1 cm³/mol. The summed E-state index contributed by atoms with van der Waals surface area (Å²) >= 11 is 0. The van der Waals surface area contributed by atoms with Gasteiger partial charge in [-0.15, -0.1) is 0 Å². The number of Topliss-reactive ketones (excluding diaryl/α,β-unsaturated/α-hetero) is 1. The van der Waals surface area contributed by atoms with Crippen LogP contribution in [0.25, 0.3) is 0 Å². The Kier molecular flexibility index (Phi) is 4.63. The number of ether oxygens (including phenoxy) is 1. The van der Waals surface area contributed by atoms with Crippen molar-refractivity contribution in [3.05, 3.63) is 78.0 Å². The Hall–Kier alpha value is -2.60. The van der Waals surface area contributed by atoms with Crippen molar-refractivity contribution in [1.82, 2.24) is 4.31 Å². The van der Waals surface area contributed by atoms with Crippen LogP contribution in [0.5, 0.6) is 5.75 Å². The zero-order valence-corrected chi connectivity index (χ0v) is 14.8. The van der Waals surface area contributed by atoms with Gasteiger partial charge in [-0.05, 0) is 17.7 Å². The lowest BCUT2D eigenvalue weighted by atomic mass is 9.88. The van der Waals surface area contributed by atoms with E-state index in [1.807, 2.05) is 18.2 Å². The molecule has 1 aliphatic rings. The number of nitrogens with zero attached hydrogens (tertiary/aromatic N) is 1. The number of ketones is 1. The summed E-state index contributed by atoms with van der Waals surface area (Å²) in [6.07, 6.45) is 4.35. The lowest BCUT2D eigenvalue weighted by Gasteiger charge is -2.27. The smallest absolute Gasteiger partial charge is 0.232 e. The summed E-state index contributed by atoms with van der Waals surface area (Å²) in [4.78, 5) is 13.0. The van der Waals surface area contributed by atoms with Crippen molar-refractivity contribution in [3.8, 4) is 5.75 Å². The molecule has 25 heavy (non-hydrogen) atoms. The van der Waals surface area contributed by atoms with Gasteiger partial charge in [-0.3, -0.25) is 9.10 Å². The Morgan fingerprint density at radius 1 is 1.04 bits per heavy atom. The molecule has 0 amide bonds. The van der Waals surface area contributed by atoms with Gasteiger partial charge >= 0.3 is 0 Å². The summed E-state index contributed by atoms with van der Waals surface area (Å²) in [7, 11) is -1.98. The Morgan fingerprint density at radius 3 is 2.24 bits per heavy atom. The van der Waals surface area contributed by atoms with Crippen LogP contribution in [0.15, 0.2) is 66.9 Å². The van der Waals surface area contributed by atoms with Crippen LogP contribution >= 0.6 is 0 Å². The fraction of sp³-hybridized carbons (Fsp3) is 0.211. The molecule has 1 heterocycles. The summed E-state index contributed by atoms with van der Waals surface area (Å²) in [6, 6.07) is 15.2. The standard InChI is InChI=1S/C19H19NO4S/c1-24-16-10-8-14(9-11-16)17-12-13-20(25(2,22)23)18(17)19(21)15-6-4-3-5-7-15/h3-13,17-18H,1-2H3/t17-,18+/m0/s1. The number of hydrogen-bond donors (Lipinski definition) is 0. The molecule has 0 bridgehead atoms. The average Bonchev–Trinajstić information content (AvgIpc) is 3.07. The van der Waals surface area contributed by atoms with Crippen LogP contribution in [-0.4, -0.2) is 37.9 Å². The first-order valence-electron chi connectivity index (χ1n) is 7.82. The second kappa shape index (κ2) is 6.72. The molecular formula is C19H19NO4S. The molecule has 130 valence electrons. The molecule has 0 saturated carbocycles. The van der Waals surface area contributed by atoms with Gasteiger partial charge in [-0.1, -0.05) is 48.5 Å². The molecule has 5 nitrogen and oxygen atoms in total. The van der Waals surface area contributed by atoms with Crippen molar-refractivity contribution in [2.24, 2.45) is 0 Å². The normalized spacial score (nSPS) is 19.8. The Balaban J connectivity index is 2.01. The van der Waals surface area contributed by atoms with Crippen LogP contribution in [0, 0.1) is 0 Å². The van der Waals surface area contributed by atoms with E-state index in [2.05, 4.69) is 0 Å². The van der Waals surface area contributed by atoms with E-state index in [0.29, 0.717) is 11.3 Å². The van der Waals surface area contributed by atoms with Crippen LogP contribution in [0.2, 0.25) is 0 Å². The van der Waals surface area contributed by atoms with Gasteiger partial charge in [0.25, 0.3) is 0 Å². The van der Waals surface area contributed by atoms with Gasteiger partial charge in [-0.2, -0.15) is 0 Å². The minimum Gasteiger partial charge on any atom is -0.497 e. The SMILES string of the molecule is COc1ccc([C@@H]2C=CN(S(C)(=O)=O)[C@H]2C(=O)c2ccccc2)cc1. The highest BCUT2D eigenvalue weighted by atomic mass is 32.2. The van der Waals surface area contributed by atoms with Crippen LogP contribution in [-0.2, 0) is 10.0 Å². The molecule has 2 atom stereocenters. The maximum absolute atomic E-state index is 13.0. The average molecular weight is 357 g/mol. The van der Waals surface area contributed by atoms with E-state index in [4.69, 9.17) is 4.74 Å². The van der Waals surface area contributed by atoms with E-state index in [-0.39, 0.29) is 11.7 Å². The van der Waals surface area contributed by atoms with Gasteiger partial charge in [-0.25, -0.2) is 8.42 Å². The zero-order valence-electron chi connectivity index (χ0n) is 14.0. The summed E-state index contributed by atoms with van der Waals surface area (Å²) in [5.74, 6) is 0.127. The largest absolute Gasteiger partial charge is 0.497 e. The van der Waals surface area contributed by atoms with Crippen molar-refractivity contribution in [2.45, 2.75) is 12.0 Å². The van der Waals surface area contributed by atoms with Gasteiger partial charge in [0.2, 0.25) is 10.0 Å². The molecule has 0 saturated heterocycles. The lowest BCUT2D eigenvalue weighted by Crippen LogP contribution is -2.41. The van der Waals surface area contributed by atoms with Crippen molar-refractivity contribution in [1.29, 1.82) is 0 Å². The van der Waals surface area contributed by atoms with E-state index < -0.39 is 16.1 Å². The predicted octanol–water partition coefficient (Wildman–Crippen LogP) is 2.82. The number of rotatable bonds is 5. The first kappa shape index (κ1) is 17.2.